The molecule has 6 nitrogen and oxygen atoms in total. The molecule has 0 spiro atoms. The Morgan fingerprint density at radius 2 is 1.71 bits per heavy atom. The van der Waals surface area contributed by atoms with E-state index in [4.69, 9.17) is 14.2 Å². The highest BCUT2D eigenvalue weighted by Crippen LogP contribution is 2.17. The van der Waals surface area contributed by atoms with E-state index < -0.39 is 0 Å². The van der Waals surface area contributed by atoms with Gasteiger partial charge in [0.25, 0.3) is 0 Å². The number of benzene rings is 1. The van der Waals surface area contributed by atoms with Crippen LogP contribution in [0.3, 0.4) is 0 Å². The molecular formula is C15H19N3O3. The van der Waals surface area contributed by atoms with Crippen LogP contribution in [0, 0.1) is 0 Å². The van der Waals surface area contributed by atoms with Gasteiger partial charge in [0.15, 0.2) is 0 Å². The predicted octanol–water partition coefficient (Wildman–Crippen LogP) is 2.16. The van der Waals surface area contributed by atoms with Gasteiger partial charge in [-0.2, -0.15) is 9.97 Å². The van der Waals surface area contributed by atoms with Gasteiger partial charge in [-0.05, 0) is 24.1 Å². The van der Waals surface area contributed by atoms with Crippen molar-refractivity contribution in [3.05, 3.63) is 35.9 Å². The molecule has 1 heterocycles. The van der Waals surface area contributed by atoms with Crippen molar-refractivity contribution in [3.8, 4) is 17.6 Å². The van der Waals surface area contributed by atoms with Gasteiger partial charge < -0.3 is 19.5 Å². The maximum atomic E-state index is 5.13. The van der Waals surface area contributed by atoms with Crippen LogP contribution in [0.1, 0.15) is 5.56 Å². The lowest BCUT2D eigenvalue weighted by atomic mass is 10.1. The Bertz CT molecular complexity index is 551. The molecule has 0 amide bonds. The van der Waals surface area contributed by atoms with Crippen LogP contribution in [-0.4, -0.2) is 37.8 Å². The number of hydrogen-bond acceptors (Lipinski definition) is 6. The Balaban J connectivity index is 1.93. The van der Waals surface area contributed by atoms with Crippen molar-refractivity contribution >= 4 is 5.82 Å². The molecule has 0 aliphatic heterocycles. The lowest BCUT2D eigenvalue weighted by Crippen LogP contribution is -2.08. The molecule has 1 aromatic carbocycles. The SMILES string of the molecule is COc1ccc(CCNc2cc(OC)nc(OC)n2)cc1. The highest BCUT2D eigenvalue weighted by molar-refractivity contribution is 5.40. The van der Waals surface area contributed by atoms with E-state index in [-0.39, 0.29) is 6.01 Å². The minimum atomic E-state index is 0.279. The van der Waals surface area contributed by atoms with Crippen molar-refractivity contribution < 1.29 is 14.2 Å². The fourth-order valence-corrected chi connectivity index (χ4v) is 1.82. The second kappa shape index (κ2) is 7.33. The second-order valence-electron chi connectivity index (χ2n) is 4.31. The number of nitrogens with zero attached hydrogens (tertiary/aromatic N) is 2. The van der Waals surface area contributed by atoms with E-state index in [1.165, 1.54) is 12.7 Å². The molecule has 2 aromatic rings. The zero-order valence-electron chi connectivity index (χ0n) is 12.4. The molecule has 6 heteroatoms. The summed E-state index contributed by atoms with van der Waals surface area (Å²) in [7, 11) is 4.74. The molecule has 0 saturated heterocycles. The summed E-state index contributed by atoms with van der Waals surface area (Å²) in [5, 5.41) is 3.23. The number of rotatable bonds is 7. The van der Waals surface area contributed by atoms with Crippen molar-refractivity contribution in [3.63, 3.8) is 0 Å². The number of aromatic nitrogens is 2. The number of anilines is 1. The third kappa shape index (κ3) is 4.24. The third-order valence-corrected chi connectivity index (χ3v) is 2.95. The van der Waals surface area contributed by atoms with Gasteiger partial charge in [0.1, 0.15) is 11.6 Å². The lowest BCUT2D eigenvalue weighted by molar-refractivity contribution is 0.353. The molecule has 0 bridgehead atoms. The summed E-state index contributed by atoms with van der Waals surface area (Å²) in [5.41, 5.74) is 1.22. The molecule has 0 aliphatic rings. The summed E-state index contributed by atoms with van der Waals surface area (Å²) < 4.78 is 15.3. The van der Waals surface area contributed by atoms with Gasteiger partial charge in [0.05, 0.1) is 21.3 Å². The first-order valence-electron chi connectivity index (χ1n) is 6.59. The summed E-state index contributed by atoms with van der Waals surface area (Å²) >= 11 is 0. The molecule has 0 aliphatic carbocycles. The Morgan fingerprint density at radius 3 is 2.33 bits per heavy atom. The van der Waals surface area contributed by atoms with Crippen LogP contribution in [0.25, 0.3) is 0 Å². The average molecular weight is 289 g/mol. The van der Waals surface area contributed by atoms with Gasteiger partial charge >= 0.3 is 6.01 Å². The van der Waals surface area contributed by atoms with E-state index in [9.17, 15) is 0 Å². The van der Waals surface area contributed by atoms with Gasteiger partial charge in [-0.1, -0.05) is 12.1 Å². The molecule has 2 rings (SSSR count). The van der Waals surface area contributed by atoms with Gasteiger partial charge in [0.2, 0.25) is 5.88 Å². The first-order valence-corrected chi connectivity index (χ1v) is 6.59. The quantitative estimate of drug-likeness (QED) is 0.842. The van der Waals surface area contributed by atoms with Gasteiger partial charge in [-0.15, -0.1) is 0 Å². The standard InChI is InChI=1S/C15H19N3O3/c1-19-12-6-4-11(5-7-12)8-9-16-13-10-14(20-2)18-15(17-13)21-3/h4-7,10H,8-9H2,1-3H3,(H,16,17,18). The van der Waals surface area contributed by atoms with Crippen molar-refractivity contribution in [1.82, 2.24) is 9.97 Å². The molecule has 112 valence electrons. The van der Waals surface area contributed by atoms with Crippen LogP contribution in [0.15, 0.2) is 30.3 Å². The van der Waals surface area contributed by atoms with Crippen LogP contribution in [-0.2, 0) is 6.42 Å². The molecule has 1 N–H and O–H groups in total. The average Bonchev–Trinajstić information content (AvgIpc) is 2.55. The Hall–Kier alpha value is -2.50. The Kier molecular flexibility index (Phi) is 5.20. The van der Waals surface area contributed by atoms with E-state index in [1.807, 2.05) is 24.3 Å². The lowest BCUT2D eigenvalue weighted by Gasteiger charge is -2.09. The maximum absolute atomic E-state index is 5.13. The zero-order valence-corrected chi connectivity index (χ0v) is 12.4. The zero-order chi connectivity index (χ0) is 15.1. The smallest absolute Gasteiger partial charge is 0.321 e. The third-order valence-electron chi connectivity index (χ3n) is 2.95. The highest BCUT2D eigenvalue weighted by Gasteiger charge is 2.04. The summed E-state index contributed by atoms with van der Waals surface area (Å²) in [6.45, 7) is 0.746. The number of hydrogen-bond donors (Lipinski definition) is 1. The van der Waals surface area contributed by atoms with Crippen LogP contribution < -0.4 is 19.5 Å². The fraction of sp³-hybridized carbons (Fsp3) is 0.333. The summed E-state index contributed by atoms with van der Waals surface area (Å²) in [6, 6.07) is 10.00. The number of ether oxygens (including phenoxy) is 3. The monoisotopic (exact) mass is 289 g/mol. The van der Waals surface area contributed by atoms with Gasteiger partial charge in [-0.3, -0.25) is 0 Å². The van der Waals surface area contributed by atoms with E-state index in [1.54, 1.807) is 20.3 Å². The van der Waals surface area contributed by atoms with E-state index in [0.29, 0.717) is 11.7 Å². The van der Waals surface area contributed by atoms with E-state index in [2.05, 4.69) is 15.3 Å². The van der Waals surface area contributed by atoms with Crippen LogP contribution in [0.4, 0.5) is 5.82 Å². The van der Waals surface area contributed by atoms with Crippen LogP contribution in [0.2, 0.25) is 0 Å². The highest BCUT2D eigenvalue weighted by atomic mass is 16.5. The van der Waals surface area contributed by atoms with Crippen molar-refractivity contribution in [2.24, 2.45) is 0 Å². The van der Waals surface area contributed by atoms with Crippen LogP contribution >= 0.6 is 0 Å². The van der Waals surface area contributed by atoms with Crippen molar-refractivity contribution in [2.45, 2.75) is 6.42 Å². The molecule has 0 atom stereocenters. The molecule has 21 heavy (non-hydrogen) atoms. The molecule has 0 radical (unpaired) electrons. The minimum Gasteiger partial charge on any atom is -0.497 e. The first-order chi connectivity index (χ1) is 10.2. The number of methoxy groups -OCH3 is 3. The summed E-state index contributed by atoms with van der Waals surface area (Å²) in [5.74, 6) is 2.00. The van der Waals surface area contributed by atoms with Crippen molar-refractivity contribution in [2.75, 3.05) is 33.2 Å². The summed E-state index contributed by atoms with van der Waals surface area (Å²) in [6.07, 6.45) is 0.874. The maximum Gasteiger partial charge on any atom is 0.321 e. The summed E-state index contributed by atoms with van der Waals surface area (Å²) in [4.78, 5) is 8.26. The Morgan fingerprint density at radius 1 is 0.952 bits per heavy atom. The largest absolute Gasteiger partial charge is 0.497 e. The normalized spacial score (nSPS) is 10.0. The second-order valence-corrected chi connectivity index (χ2v) is 4.31. The first kappa shape index (κ1) is 14.9. The molecule has 0 saturated carbocycles. The Labute approximate surface area is 124 Å². The number of nitrogens with one attached hydrogen (secondary N) is 1. The molecular weight excluding hydrogens is 270 g/mol. The molecule has 1 aromatic heterocycles. The molecule has 0 unspecified atom stereocenters. The van der Waals surface area contributed by atoms with Gasteiger partial charge in [-0.25, -0.2) is 0 Å². The van der Waals surface area contributed by atoms with Crippen LogP contribution in [0.5, 0.6) is 17.6 Å². The predicted molar refractivity (Wildman–Crippen MR) is 80.3 cm³/mol. The van der Waals surface area contributed by atoms with E-state index in [0.717, 1.165) is 18.7 Å². The topological polar surface area (TPSA) is 65.5 Å². The molecule has 0 fully saturated rings. The van der Waals surface area contributed by atoms with E-state index >= 15 is 0 Å². The van der Waals surface area contributed by atoms with Gasteiger partial charge in [0, 0.05) is 12.6 Å². The fourth-order valence-electron chi connectivity index (χ4n) is 1.82. The minimum absolute atomic E-state index is 0.279. The van der Waals surface area contributed by atoms with Crippen molar-refractivity contribution in [1.29, 1.82) is 0 Å².